The summed E-state index contributed by atoms with van der Waals surface area (Å²) in [4.78, 5) is 29.0. The van der Waals surface area contributed by atoms with Gasteiger partial charge in [-0.05, 0) is 31.0 Å². The number of carbonyl (C=O) groups excluding carboxylic acids is 2. The Morgan fingerprint density at radius 2 is 2.28 bits per heavy atom. The number of aromatic nitrogens is 1. The number of nitrogens with two attached hydrogens (primary N) is 1. The van der Waals surface area contributed by atoms with Gasteiger partial charge in [0.25, 0.3) is 0 Å². The van der Waals surface area contributed by atoms with Crippen molar-refractivity contribution in [3.8, 4) is 0 Å². The van der Waals surface area contributed by atoms with Crippen molar-refractivity contribution in [3.05, 3.63) is 23.4 Å². The third-order valence-electron chi connectivity index (χ3n) is 3.04. The maximum Gasteiger partial charge on any atom is 0.249 e. The summed E-state index contributed by atoms with van der Waals surface area (Å²) < 4.78 is 0. The fourth-order valence-corrected chi connectivity index (χ4v) is 2.01. The first kappa shape index (κ1) is 12.5. The molecule has 1 aliphatic heterocycles. The van der Waals surface area contributed by atoms with E-state index in [1.807, 2.05) is 13.0 Å². The van der Waals surface area contributed by atoms with E-state index in [1.165, 1.54) is 0 Å². The number of anilines is 1. The molecule has 1 aliphatic rings. The summed E-state index contributed by atoms with van der Waals surface area (Å²) in [7, 11) is 0. The van der Waals surface area contributed by atoms with Gasteiger partial charge in [-0.25, -0.2) is 4.98 Å². The Balaban J connectivity index is 2.35. The lowest BCUT2D eigenvalue weighted by molar-refractivity contribution is -0.132. The fraction of sp³-hybridized carbons (Fsp3) is 0.417. The molecule has 2 heterocycles. The zero-order valence-corrected chi connectivity index (χ0v) is 10.4. The number of hydrogen-bond donors (Lipinski definition) is 2. The van der Waals surface area contributed by atoms with Crippen LogP contribution in [0.4, 0.5) is 5.82 Å². The molecule has 96 valence electrons. The molecule has 2 amide bonds. The van der Waals surface area contributed by atoms with E-state index in [4.69, 9.17) is 5.73 Å². The molecular weight excluding hydrogens is 232 g/mol. The summed E-state index contributed by atoms with van der Waals surface area (Å²) in [5, 5.41) is 2.30. The first-order valence-corrected chi connectivity index (χ1v) is 5.79. The van der Waals surface area contributed by atoms with Crippen LogP contribution in [0.25, 0.3) is 0 Å². The maximum atomic E-state index is 11.6. The summed E-state index contributed by atoms with van der Waals surface area (Å²) in [5.74, 6) is 0.0560. The lowest BCUT2D eigenvalue weighted by Gasteiger charge is -2.33. The molecule has 2 rings (SSSR count). The highest BCUT2D eigenvalue weighted by atomic mass is 16.2. The van der Waals surface area contributed by atoms with Crippen LogP contribution in [0.3, 0.4) is 0 Å². The quantitative estimate of drug-likeness (QED) is 0.701. The number of piperazine rings is 1. The summed E-state index contributed by atoms with van der Waals surface area (Å²) >= 11 is 0. The molecule has 0 saturated carbocycles. The van der Waals surface area contributed by atoms with Crippen molar-refractivity contribution < 1.29 is 9.59 Å². The summed E-state index contributed by atoms with van der Waals surface area (Å²) in [6.45, 7) is 4.21. The highest BCUT2D eigenvalue weighted by Gasteiger charge is 2.31. The van der Waals surface area contributed by atoms with Gasteiger partial charge in [-0.1, -0.05) is 0 Å². The first-order valence-electron chi connectivity index (χ1n) is 5.79. The van der Waals surface area contributed by atoms with Crippen molar-refractivity contribution in [2.75, 3.05) is 11.4 Å². The molecule has 0 aliphatic carbocycles. The smallest absolute Gasteiger partial charge is 0.249 e. The van der Waals surface area contributed by atoms with Crippen LogP contribution in [0.15, 0.2) is 12.3 Å². The second-order valence-electron chi connectivity index (χ2n) is 4.40. The number of aryl methyl sites for hydroxylation is 1. The van der Waals surface area contributed by atoms with Crippen LogP contribution in [0, 0.1) is 6.92 Å². The summed E-state index contributed by atoms with van der Waals surface area (Å²) in [6, 6.07) is 1.52. The number of carbonyl (C=O) groups is 2. The van der Waals surface area contributed by atoms with E-state index >= 15 is 0 Å². The van der Waals surface area contributed by atoms with Gasteiger partial charge in [-0.2, -0.15) is 0 Å². The van der Waals surface area contributed by atoms with E-state index in [2.05, 4.69) is 10.3 Å². The van der Waals surface area contributed by atoms with Gasteiger partial charge in [0.05, 0.1) is 6.54 Å². The molecule has 1 fully saturated rings. The number of nitrogens with zero attached hydrogens (tertiary/aromatic N) is 2. The van der Waals surface area contributed by atoms with Crippen LogP contribution in [-0.4, -0.2) is 29.4 Å². The van der Waals surface area contributed by atoms with Crippen LogP contribution in [0.5, 0.6) is 0 Å². The third kappa shape index (κ3) is 2.19. The normalized spacial score (nSPS) is 19.9. The molecule has 1 aromatic rings. The molecule has 18 heavy (non-hydrogen) atoms. The molecule has 3 N–H and O–H groups in total. The lowest BCUT2D eigenvalue weighted by atomic mass is 10.1. The highest BCUT2D eigenvalue weighted by Crippen LogP contribution is 2.21. The Bertz CT molecular complexity index is 501. The number of pyridine rings is 1. The number of amides is 2. The molecule has 1 unspecified atom stereocenters. The van der Waals surface area contributed by atoms with E-state index in [9.17, 15) is 9.59 Å². The van der Waals surface area contributed by atoms with Gasteiger partial charge in [0.1, 0.15) is 11.9 Å². The summed E-state index contributed by atoms with van der Waals surface area (Å²) in [5.41, 5.74) is 7.38. The minimum absolute atomic E-state index is 0.142. The monoisotopic (exact) mass is 248 g/mol. The van der Waals surface area contributed by atoms with Crippen molar-refractivity contribution in [2.45, 2.75) is 26.4 Å². The fourth-order valence-electron chi connectivity index (χ4n) is 2.01. The second kappa shape index (κ2) is 4.73. The molecule has 1 atom stereocenters. The Kier molecular flexibility index (Phi) is 3.29. The van der Waals surface area contributed by atoms with E-state index < -0.39 is 6.04 Å². The number of rotatable bonds is 2. The minimum atomic E-state index is -0.405. The molecular formula is C12H16N4O2. The van der Waals surface area contributed by atoms with Crippen LogP contribution >= 0.6 is 0 Å². The van der Waals surface area contributed by atoms with E-state index in [0.29, 0.717) is 12.4 Å². The Morgan fingerprint density at radius 1 is 1.56 bits per heavy atom. The molecule has 0 spiro atoms. The maximum absolute atomic E-state index is 11.6. The largest absolute Gasteiger partial charge is 0.335 e. The molecule has 0 bridgehead atoms. The average molecular weight is 248 g/mol. The van der Waals surface area contributed by atoms with E-state index in [-0.39, 0.29) is 18.4 Å². The topological polar surface area (TPSA) is 88.3 Å². The van der Waals surface area contributed by atoms with Crippen LogP contribution < -0.4 is 16.0 Å². The predicted molar refractivity (Wildman–Crippen MR) is 66.8 cm³/mol. The first-order chi connectivity index (χ1) is 8.52. The Labute approximate surface area is 105 Å². The van der Waals surface area contributed by atoms with Gasteiger partial charge in [0.2, 0.25) is 11.8 Å². The van der Waals surface area contributed by atoms with Gasteiger partial charge in [0, 0.05) is 12.7 Å². The number of imide groups is 1. The van der Waals surface area contributed by atoms with Crippen molar-refractivity contribution in [1.29, 1.82) is 0 Å². The van der Waals surface area contributed by atoms with Gasteiger partial charge >= 0.3 is 0 Å². The molecule has 6 heteroatoms. The third-order valence-corrected chi connectivity index (χ3v) is 3.04. The van der Waals surface area contributed by atoms with Gasteiger partial charge in [-0.3, -0.25) is 14.9 Å². The van der Waals surface area contributed by atoms with Crippen molar-refractivity contribution in [1.82, 2.24) is 10.3 Å². The minimum Gasteiger partial charge on any atom is -0.335 e. The zero-order valence-electron chi connectivity index (χ0n) is 10.4. The Morgan fingerprint density at radius 3 is 2.89 bits per heavy atom. The predicted octanol–water partition coefficient (Wildman–Crippen LogP) is -0.300. The van der Waals surface area contributed by atoms with Gasteiger partial charge in [-0.15, -0.1) is 0 Å². The highest BCUT2D eigenvalue weighted by molar-refractivity contribution is 6.04. The van der Waals surface area contributed by atoms with E-state index in [0.717, 1.165) is 11.1 Å². The molecule has 0 aromatic carbocycles. The van der Waals surface area contributed by atoms with Crippen LogP contribution in [0.2, 0.25) is 0 Å². The zero-order chi connectivity index (χ0) is 13.3. The molecule has 1 saturated heterocycles. The average Bonchev–Trinajstić information content (AvgIpc) is 2.34. The lowest BCUT2D eigenvalue weighted by Crippen LogP contribution is -2.57. The number of hydrogen-bond acceptors (Lipinski definition) is 5. The molecule has 1 aromatic heterocycles. The molecule has 0 radical (unpaired) electrons. The van der Waals surface area contributed by atoms with Gasteiger partial charge < -0.3 is 10.6 Å². The van der Waals surface area contributed by atoms with Crippen LogP contribution in [0.1, 0.15) is 18.1 Å². The van der Waals surface area contributed by atoms with Gasteiger partial charge in [0.15, 0.2) is 0 Å². The Hall–Kier alpha value is -1.95. The number of nitrogens with one attached hydrogen (secondary N) is 1. The summed E-state index contributed by atoms with van der Waals surface area (Å²) in [6.07, 6.45) is 1.67. The second-order valence-corrected chi connectivity index (χ2v) is 4.40. The van der Waals surface area contributed by atoms with Crippen molar-refractivity contribution >= 4 is 17.6 Å². The molecule has 6 nitrogen and oxygen atoms in total. The SMILES string of the molecule is Cc1cc(CN)cnc1N1CC(=O)NC(=O)C1C. The van der Waals surface area contributed by atoms with Crippen molar-refractivity contribution in [3.63, 3.8) is 0 Å². The standard InChI is InChI=1S/C12H16N4O2/c1-7-3-9(4-13)5-14-11(7)16-6-10(17)15-12(18)8(16)2/h3,5,8H,4,6,13H2,1-2H3,(H,15,17,18). The van der Waals surface area contributed by atoms with Crippen LogP contribution in [-0.2, 0) is 16.1 Å². The van der Waals surface area contributed by atoms with Crippen molar-refractivity contribution in [2.24, 2.45) is 5.73 Å². The van der Waals surface area contributed by atoms with E-state index in [1.54, 1.807) is 18.0 Å².